The molecule has 3 amide bonds. The van der Waals surface area contributed by atoms with Gasteiger partial charge >= 0.3 is 5.97 Å². The molecule has 0 unspecified atom stereocenters. The van der Waals surface area contributed by atoms with Gasteiger partial charge in [0.1, 0.15) is 6.54 Å². The fourth-order valence-corrected chi connectivity index (χ4v) is 3.18. The van der Waals surface area contributed by atoms with Gasteiger partial charge in [0.2, 0.25) is 17.7 Å². The normalized spacial score (nSPS) is 13.6. The Balaban J connectivity index is 2.00. The molecule has 1 heterocycles. The van der Waals surface area contributed by atoms with Crippen molar-refractivity contribution in [1.82, 2.24) is 5.32 Å². The highest BCUT2D eigenvalue weighted by molar-refractivity contribution is 6.10. The second-order valence-corrected chi connectivity index (χ2v) is 6.65. The molecule has 3 N–H and O–H groups in total. The molecule has 0 fully saturated rings. The topological polar surface area (TPSA) is 116 Å². The molecule has 8 nitrogen and oxygen atoms in total. The van der Waals surface area contributed by atoms with E-state index in [4.69, 9.17) is 5.11 Å². The quantitative estimate of drug-likeness (QED) is 0.642. The Kier molecular flexibility index (Phi) is 6.55. The number of hydrogen-bond donors (Lipinski definition) is 3. The van der Waals surface area contributed by atoms with E-state index in [-0.39, 0.29) is 43.5 Å². The van der Waals surface area contributed by atoms with Gasteiger partial charge < -0.3 is 20.6 Å². The highest BCUT2D eigenvalue weighted by Crippen LogP contribution is 2.29. The van der Waals surface area contributed by atoms with E-state index < -0.39 is 11.5 Å². The molecule has 0 atom stereocenters. The first-order chi connectivity index (χ1) is 12.8. The van der Waals surface area contributed by atoms with Crippen molar-refractivity contribution in [2.45, 2.75) is 51.5 Å². The molecule has 0 saturated heterocycles. The van der Waals surface area contributed by atoms with Crippen LogP contribution in [0.4, 0.5) is 11.4 Å². The summed E-state index contributed by atoms with van der Waals surface area (Å²) in [5.41, 5.74) is 0.345. The Hall–Kier alpha value is -2.90. The molecule has 27 heavy (non-hydrogen) atoms. The van der Waals surface area contributed by atoms with Crippen LogP contribution in [0.1, 0.15) is 46.0 Å². The van der Waals surface area contributed by atoms with E-state index in [1.807, 2.05) is 13.8 Å². The third-order valence-electron chi connectivity index (χ3n) is 4.89. The summed E-state index contributed by atoms with van der Waals surface area (Å²) in [5, 5.41) is 14.6. The van der Waals surface area contributed by atoms with Crippen LogP contribution in [0.25, 0.3) is 0 Å². The van der Waals surface area contributed by atoms with Crippen molar-refractivity contribution in [3.8, 4) is 0 Å². The summed E-state index contributed by atoms with van der Waals surface area (Å²) in [4.78, 5) is 49.1. The van der Waals surface area contributed by atoms with E-state index in [1.165, 1.54) is 4.90 Å². The van der Waals surface area contributed by atoms with Crippen LogP contribution in [0, 0.1) is 0 Å². The minimum Gasteiger partial charge on any atom is -0.481 e. The summed E-state index contributed by atoms with van der Waals surface area (Å²) >= 11 is 0. The zero-order chi connectivity index (χ0) is 20.0. The highest BCUT2D eigenvalue weighted by atomic mass is 16.4. The number of rotatable bonds is 8. The Morgan fingerprint density at radius 1 is 1.19 bits per heavy atom. The number of carboxylic acid groups (broad SMARTS) is 1. The lowest BCUT2D eigenvalue weighted by atomic mass is 9.88. The Labute approximate surface area is 157 Å². The number of carbonyl (C=O) groups is 4. The minimum atomic E-state index is -0.981. The maximum Gasteiger partial charge on any atom is 0.305 e. The van der Waals surface area contributed by atoms with Crippen LogP contribution >= 0.6 is 0 Å². The van der Waals surface area contributed by atoms with Gasteiger partial charge in [-0.05, 0) is 25.0 Å². The van der Waals surface area contributed by atoms with Crippen molar-refractivity contribution in [1.29, 1.82) is 0 Å². The van der Waals surface area contributed by atoms with E-state index in [0.29, 0.717) is 24.2 Å². The van der Waals surface area contributed by atoms with Gasteiger partial charge in [-0.1, -0.05) is 26.0 Å². The second-order valence-electron chi connectivity index (χ2n) is 6.65. The third kappa shape index (κ3) is 5.06. The first-order valence-electron chi connectivity index (χ1n) is 9.02. The van der Waals surface area contributed by atoms with Gasteiger partial charge in [-0.2, -0.15) is 0 Å². The molecule has 1 aromatic rings. The van der Waals surface area contributed by atoms with Crippen LogP contribution in [0.3, 0.4) is 0 Å². The SMILES string of the molecule is CCC(CC)(CC(=O)O)NC(=O)CCC(=O)N1CC(=O)Nc2ccccc21. The second kappa shape index (κ2) is 8.66. The summed E-state index contributed by atoms with van der Waals surface area (Å²) < 4.78 is 0. The Morgan fingerprint density at radius 2 is 1.85 bits per heavy atom. The Bertz CT molecular complexity index is 743. The summed E-state index contributed by atoms with van der Waals surface area (Å²) in [6.07, 6.45) is 0.661. The van der Waals surface area contributed by atoms with Crippen LogP contribution in [0.15, 0.2) is 24.3 Å². The molecule has 1 aromatic carbocycles. The third-order valence-corrected chi connectivity index (χ3v) is 4.89. The molecule has 0 aliphatic carbocycles. The number of benzene rings is 1. The lowest BCUT2D eigenvalue weighted by Gasteiger charge is -2.32. The number of hydrogen-bond acceptors (Lipinski definition) is 4. The lowest BCUT2D eigenvalue weighted by Crippen LogP contribution is -2.49. The van der Waals surface area contributed by atoms with Crippen LogP contribution in [0.5, 0.6) is 0 Å². The van der Waals surface area contributed by atoms with Gasteiger partial charge in [0.05, 0.1) is 17.8 Å². The van der Waals surface area contributed by atoms with Crippen molar-refractivity contribution in [2.24, 2.45) is 0 Å². The first kappa shape index (κ1) is 20.4. The Morgan fingerprint density at radius 3 is 2.48 bits per heavy atom. The molecule has 146 valence electrons. The molecule has 2 rings (SSSR count). The van der Waals surface area contributed by atoms with Crippen LogP contribution in [0.2, 0.25) is 0 Å². The molecule has 0 saturated carbocycles. The molecule has 0 radical (unpaired) electrons. The van der Waals surface area contributed by atoms with Crippen LogP contribution < -0.4 is 15.5 Å². The fraction of sp³-hybridized carbons (Fsp3) is 0.474. The number of amides is 3. The number of nitrogens with one attached hydrogen (secondary N) is 2. The van der Waals surface area contributed by atoms with Gasteiger partial charge in [-0.25, -0.2) is 0 Å². The van der Waals surface area contributed by atoms with Gasteiger partial charge in [0.25, 0.3) is 0 Å². The van der Waals surface area contributed by atoms with Gasteiger partial charge in [0.15, 0.2) is 0 Å². The molecule has 1 aliphatic rings. The smallest absolute Gasteiger partial charge is 0.305 e. The largest absolute Gasteiger partial charge is 0.481 e. The average molecular weight is 375 g/mol. The maximum atomic E-state index is 12.6. The zero-order valence-electron chi connectivity index (χ0n) is 15.6. The van der Waals surface area contributed by atoms with Crippen molar-refractivity contribution in [3.63, 3.8) is 0 Å². The minimum absolute atomic E-state index is 0.0654. The number of para-hydroxylation sites is 2. The molecule has 0 aromatic heterocycles. The number of carbonyl (C=O) groups excluding carboxylic acids is 3. The number of nitrogens with zero attached hydrogens (tertiary/aromatic N) is 1. The number of fused-ring (bicyclic) bond motifs is 1. The average Bonchev–Trinajstić information content (AvgIpc) is 2.64. The highest BCUT2D eigenvalue weighted by Gasteiger charge is 2.32. The maximum absolute atomic E-state index is 12.6. The molecule has 8 heteroatoms. The zero-order valence-corrected chi connectivity index (χ0v) is 15.6. The monoisotopic (exact) mass is 375 g/mol. The predicted molar refractivity (Wildman–Crippen MR) is 100 cm³/mol. The molecular weight excluding hydrogens is 350 g/mol. The summed E-state index contributed by atoms with van der Waals surface area (Å²) in [6.45, 7) is 3.55. The summed E-state index contributed by atoms with van der Waals surface area (Å²) in [5.74, 6) is -1.97. The fourth-order valence-electron chi connectivity index (χ4n) is 3.18. The van der Waals surface area contributed by atoms with Crippen molar-refractivity contribution in [3.05, 3.63) is 24.3 Å². The van der Waals surface area contributed by atoms with E-state index in [9.17, 15) is 19.2 Å². The summed E-state index contributed by atoms with van der Waals surface area (Å²) in [7, 11) is 0. The lowest BCUT2D eigenvalue weighted by molar-refractivity contribution is -0.139. The van der Waals surface area contributed by atoms with Crippen LogP contribution in [-0.2, 0) is 19.2 Å². The number of carboxylic acids is 1. The standard InChI is InChI=1S/C19H25N3O5/c1-3-19(4-2,11-18(26)27)21-15(23)9-10-17(25)22-12-16(24)20-13-7-5-6-8-14(13)22/h5-8H,3-4,9-12H2,1-2H3,(H,20,24)(H,21,23)(H,26,27). The van der Waals surface area contributed by atoms with Crippen molar-refractivity contribution in [2.75, 3.05) is 16.8 Å². The van der Waals surface area contributed by atoms with Crippen molar-refractivity contribution >= 4 is 35.1 Å². The molecule has 0 bridgehead atoms. The van der Waals surface area contributed by atoms with Crippen LogP contribution in [-0.4, -0.2) is 40.9 Å². The summed E-state index contributed by atoms with van der Waals surface area (Å²) in [6, 6.07) is 6.98. The van der Waals surface area contributed by atoms with Gasteiger partial charge in [-0.3, -0.25) is 19.2 Å². The molecule has 0 spiro atoms. The first-order valence-corrected chi connectivity index (χ1v) is 9.02. The number of anilines is 2. The van der Waals surface area contributed by atoms with E-state index >= 15 is 0 Å². The molecule has 1 aliphatic heterocycles. The number of aliphatic carboxylic acids is 1. The van der Waals surface area contributed by atoms with E-state index in [0.717, 1.165) is 0 Å². The van der Waals surface area contributed by atoms with Gasteiger partial charge in [-0.15, -0.1) is 0 Å². The van der Waals surface area contributed by atoms with Crippen molar-refractivity contribution < 1.29 is 24.3 Å². The van der Waals surface area contributed by atoms with E-state index in [2.05, 4.69) is 10.6 Å². The molecular formula is C19H25N3O5. The van der Waals surface area contributed by atoms with E-state index in [1.54, 1.807) is 24.3 Å². The predicted octanol–water partition coefficient (Wildman–Crippen LogP) is 1.90. The van der Waals surface area contributed by atoms with Gasteiger partial charge in [0, 0.05) is 18.4 Å².